The van der Waals surface area contributed by atoms with Crippen LogP contribution in [-0.4, -0.2) is 41.1 Å². The minimum Gasteiger partial charge on any atom is -0.479 e. The van der Waals surface area contributed by atoms with Gasteiger partial charge in [-0.2, -0.15) is 4.98 Å². The first-order valence-electron chi connectivity index (χ1n) is 9.13. The van der Waals surface area contributed by atoms with Crippen LogP contribution in [0.1, 0.15) is 18.7 Å². The van der Waals surface area contributed by atoms with Crippen LogP contribution in [-0.2, 0) is 0 Å². The van der Waals surface area contributed by atoms with Crippen LogP contribution >= 0.6 is 0 Å². The molecule has 0 saturated carbocycles. The molecular formula is C20H18N8O. The molecule has 0 amide bonds. The average molecular weight is 386 g/mol. The molecule has 29 heavy (non-hydrogen) atoms. The van der Waals surface area contributed by atoms with Crippen molar-refractivity contribution in [1.29, 1.82) is 0 Å². The molecule has 5 rings (SSSR count). The summed E-state index contributed by atoms with van der Waals surface area (Å²) in [4.78, 5) is 17.5. The molecule has 9 nitrogen and oxygen atoms in total. The van der Waals surface area contributed by atoms with Crippen molar-refractivity contribution in [2.24, 2.45) is 0 Å². The number of ether oxygens (including phenoxy) is 1. The van der Waals surface area contributed by atoms with Gasteiger partial charge in [0.15, 0.2) is 0 Å². The molecule has 5 heterocycles. The number of hydrogen-bond acceptors (Lipinski definition) is 7. The highest BCUT2D eigenvalue weighted by Crippen LogP contribution is 2.31. The molecular weight excluding hydrogens is 368 g/mol. The van der Waals surface area contributed by atoms with Crippen molar-refractivity contribution in [3.8, 4) is 17.0 Å². The molecule has 1 atom stereocenters. The SMILES string of the molecule is COc1nc(N[C@H](C)c2ccccn2)nn2ccc(-c3cnc4nccn4c3)c12. The molecule has 0 bridgehead atoms. The summed E-state index contributed by atoms with van der Waals surface area (Å²) in [5.41, 5.74) is 3.52. The van der Waals surface area contributed by atoms with Crippen LogP contribution in [0.4, 0.5) is 5.95 Å². The third-order valence-electron chi connectivity index (χ3n) is 4.71. The molecule has 0 radical (unpaired) electrons. The smallest absolute Gasteiger partial charge is 0.244 e. The standard InChI is InChI=1S/C20H18N8O/c1-13(16-5-3-4-7-21-16)24-19-25-18(29-2)17-15(6-9-28(17)26-19)14-11-23-20-22-8-10-27(20)12-14/h3-13H,1-2H3,(H,24,26)/t13-/m1/s1. The van der Waals surface area contributed by atoms with Crippen molar-refractivity contribution >= 4 is 17.2 Å². The lowest BCUT2D eigenvalue weighted by atomic mass is 10.1. The van der Waals surface area contributed by atoms with Crippen LogP contribution in [0.2, 0.25) is 0 Å². The maximum absolute atomic E-state index is 5.58. The number of rotatable bonds is 5. The predicted octanol–water partition coefficient (Wildman–Crippen LogP) is 3.02. The molecule has 144 valence electrons. The summed E-state index contributed by atoms with van der Waals surface area (Å²) in [5, 5.41) is 7.88. The van der Waals surface area contributed by atoms with Gasteiger partial charge in [0.05, 0.1) is 18.8 Å². The minimum atomic E-state index is -0.0544. The lowest BCUT2D eigenvalue weighted by Crippen LogP contribution is -2.13. The monoisotopic (exact) mass is 386 g/mol. The molecule has 0 saturated heterocycles. The molecule has 0 aliphatic rings. The lowest BCUT2D eigenvalue weighted by molar-refractivity contribution is 0.399. The number of nitrogens with one attached hydrogen (secondary N) is 1. The average Bonchev–Trinajstić information content (AvgIpc) is 3.40. The largest absolute Gasteiger partial charge is 0.479 e. The van der Waals surface area contributed by atoms with E-state index in [2.05, 4.69) is 30.4 Å². The molecule has 5 aromatic heterocycles. The first-order chi connectivity index (χ1) is 14.2. The van der Waals surface area contributed by atoms with E-state index in [4.69, 9.17) is 4.74 Å². The molecule has 5 aromatic rings. The Morgan fingerprint density at radius 2 is 2.00 bits per heavy atom. The van der Waals surface area contributed by atoms with Gasteiger partial charge in [-0.15, -0.1) is 5.10 Å². The maximum atomic E-state index is 5.58. The van der Waals surface area contributed by atoms with Crippen LogP contribution in [0.15, 0.2) is 61.4 Å². The Morgan fingerprint density at radius 1 is 1.07 bits per heavy atom. The van der Waals surface area contributed by atoms with E-state index >= 15 is 0 Å². The Hall–Kier alpha value is -4.01. The van der Waals surface area contributed by atoms with E-state index in [0.29, 0.717) is 17.6 Å². The van der Waals surface area contributed by atoms with Gasteiger partial charge in [0.25, 0.3) is 0 Å². The van der Waals surface area contributed by atoms with Crippen LogP contribution in [0.25, 0.3) is 22.4 Å². The Balaban J connectivity index is 1.55. The van der Waals surface area contributed by atoms with Crippen LogP contribution < -0.4 is 10.1 Å². The summed E-state index contributed by atoms with van der Waals surface area (Å²) in [5.74, 6) is 1.58. The number of pyridine rings is 1. The summed E-state index contributed by atoms with van der Waals surface area (Å²) in [7, 11) is 1.60. The van der Waals surface area contributed by atoms with Crippen molar-refractivity contribution in [1.82, 2.24) is 34.0 Å². The van der Waals surface area contributed by atoms with E-state index < -0.39 is 0 Å². The lowest BCUT2D eigenvalue weighted by Gasteiger charge is -2.14. The fourth-order valence-electron chi connectivity index (χ4n) is 3.28. The van der Waals surface area contributed by atoms with Crippen molar-refractivity contribution in [2.45, 2.75) is 13.0 Å². The highest BCUT2D eigenvalue weighted by molar-refractivity contribution is 5.84. The highest BCUT2D eigenvalue weighted by Gasteiger charge is 2.17. The Kier molecular flexibility index (Phi) is 4.05. The van der Waals surface area contributed by atoms with Gasteiger partial charge in [0.2, 0.25) is 17.6 Å². The number of fused-ring (bicyclic) bond motifs is 2. The van der Waals surface area contributed by atoms with Crippen molar-refractivity contribution < 1.29 is 4.74 Å². The molecule has 0 unspecified atom stereocenters. The number of hydrogen-bond donors (Lipinski definition) is 1. The van der Waals surface area contributed by atoms with Gasteiger partial charge in [-0.3, -0.25) is 9.38 Å². The number of aromatic nitrogens is 7. The van der Waals surface area contributed by atoms with E-state index in [9.17, 15) is 0 Å². The molecule has 9 heteroatoms. The fourth-order valence-corrected chi connectivity index (χ4v) is 3.28. The van der Waals surface area contributed by atoms with E-state index in [1.54, 1.807) is 30.2 Å². The molecule has 0 aliphatic carbocycles. The Morgan fingerprint density at radius 3 is 2.83 bits per heavy atom. The van der Waals surface area contributed by atoms with Gasteiger partial charge < -0.3 is 10.1 Å². The van der Waals surface area contributed by atoms with Gasteiger partial charge in [-0.25, -0.2) is 14.5 Å². The van der Waals surface area contributed by atoms with Gasteiger partial charge in [0.1, 0.15) is 5.52 Å². The molecule has 0 spiro atoms. The maximum Gasteiger partial charge on any atom is 0.244 e. The number of nitrogens with zero attached hydrogens (tertiary/aromatic N) is 7. The number of methoxy groups -OCH3 is 1. The van der Waals surface area contributed by atoms with Crippen molar-refractivity contribution in [3.63, 3.8) is 0 Å². The van der Waals surface area contributed by atoms with Gasteiger partial charge in [-0.05, 0) is 25.1 Å². The molecule has 0 fully saturated rings. The summed E-state index contributed by atoms with van der Waals surface area (Å²) >= 11 is 0. The summed E-state index contributed by atoms with van der Waals surface area (Å²) < 4.78 is 9.21. The second-order valence-corrected chi connectivity index (χ2v) is 6.57. The zero-order valence-electron chi connectivity index (χ0n) is 15.9. The summed E-state index contributed by atoms with van der Waals surface area (Å²) in [6, 6.07) is 7.72. The second-order valence-electron chi connectivity index (χ2n) is 6.57. The Labute approximate surface area is 166 Å². The van der Waals surface area contributed by atoms with Crippen molar-refractivity contribution in [2.75, 3.05) is 12.4 Å². The highest BCUT2D eigenvalue weighted by atomic mass is 16.5. The first-order valence-corrected chi connectivity index (χ1v) is 9.13. The fraction of sp³-hybridized carbons (Fsp3) is 0.150. The van der Waals surface area contributed by atoms with Crippen LogP contribution in [0, 0.1) is 0 Å². The zero-order valence-corrected chi connectivity index (χ0v) is 15.9. The second kappa shape index (κ2) is 6.86. The minimum absolute atomic E-state index is 0.0544. The number of anilines is 1. The quantitative estimate of drug-likeness (QED) is 0.496. The van der Waals surface area contributed by atoms with E-state index in [1.165, 1.54) is 0 Å². The van der Waals surface area contributed by atoms with Gasteiger partial charge in [0, 0.05) is 48.3 Å². The van der Waals surface area contributed by atoms with E-state index in [1.807, 2.05) is 54.2 Å². The van der Waals surface area contributed by atoms with E-state index in [0.717, 1.165) is 22.3 Å². The molecule has 0 aromatic carbocycles. The normalized spacial score (nSPS) is 12.3. The molecule has 1 N–H and O–H groups in total. The Bertz CT molecular complexity index is 1290. The predicted molar refractivity (Wildman–Crippen MR) is 108 cm³/mol. The van der Waals surface area contributed by atoms with Crippen molar-refractivity contribution in [3.05, 3.63) is 67.1 Å². The van der Waals surface area contributed by atoms with Crippen LogP contribution in [0.5, 0.6) is 5.88 Å². The number of imidazole rings is 1. The summed E-state index contributed by atoms with van der Waals surface area (Å²) in [6.07, 6.45) is 11.0. The first kappa shape index (κ1) is 17.1. The third kappa shape index (κ3) is 3.02. The van der Waals surface area contributed by atoms with Gasteiger partial charge >= 0.3 is 0 Å². The van der Waals surface area contributed by atoms with Gasteiger partial charge in [-0.1, -0.05) is 6.07 Å². The molecule has 0 aliphatic heterocycles. The zero-order chi connectivity index (χ0) is 19.8. The third-order valence-corrected chi connectivity index (χ3v) is 4.71. The van der Waals surface area contributed by atoms with Crippen LogP contribution in [0.3, 0.4) is 0 Å². The topological polar surface area (TPSA) is 94.5 Å². The van der Waals surface area contributed by atoms with E-state index in [-0.39, 0.29) is 6.04 Å². The summed E-state index contributed by atoms with van der Waals surface area (Å²) in [6.45, 7) is 2.01.